The quantitative estimate of drug-likeness (QED) is 0.933. The molecule has 1 aliphatic rings. The topological polar surface area (TPSA) is 46.3 Å². The van der Waals surface area contributed by atoms with Gasteiger partial charge >= 0.3 is 0 Å². The molecular formula is C14H19BrN2O. The molecule has 4 heteroatoms. The van der Waals surface area contributed by atoms with E-state index in [2.05, 4.69) is 46.0 Å². The van der Waals surface area contributed by atoms with Crippen molar-refractivity contribution < 1.29 is 4.79 Å². The maximum atomic E-state index is 11.2. The number of carbonyl (C=O) groups excluding carboxylic acids is 1. The summed E-state index contributed by atoms with van der Waals surface area (Å²) in [6, 6.07) is 8.68. The van der Waals surface area contributed by atoms with Crippen LogP contribution >= 0.6 is 15.9 Å². The Bertz CT molecular complexity index is 428. The van der Waals surface area contributed by atoms with Crippen molar-refractivity contribution >= 4 is 21.8 Å². The number of rotatable bonds is 3. The van der Waals surface area contributed by atoms with Crippen LogP contribution in [0, 0.1) is 5.92 Å². The third-order valence-electron chi connectivity index (χ3n) is 3.83. The van der Waals surface area contributed by atoms with Crippen LogP contribution in [-0.4, -0.2) is 23.9 Å². The average Bonchev–Trinajstić information content (AvgIpc) is 2.38. The van der Waals surface area contributed by atoms with Crippen molar-refractivity contribution in [2.45, 2.75) is 25.8 Å². The number of halogens is 1. The number of benzene rings is 1. The summed E-state index contributed by atoms with van der Waals surface area (Å²) < 4.78 is 1.15. The minimum absolute atomic E-state index is 0.0627. The first-order valence-corrected chi connectivity index (χ1v) is 7.16. The molecule has 1 aromatic rings. The number of primary amides is 1. The molecule has 0 spiro atoms. The van der Waals surface area contributed by atoms with Crippen molar-refractivity contribution in [3.8, 4) is 0 Å². The van der Waals surface area contributed by atoms with Gasteiger partial charge in [-0.2, -0.15) is 0 Å². The van der Waals surface area contributed by atoms with E-state index in [1.54, 1.807) is 0 Å². The third-order valence-corrected chi connectivity index (χ3v) is 4.56. The first-order valence-electron chi connectivity index (χ1n) is 6.37. The zero-order valence-corrected chi connectivity index (χ0v) is 12.2. The van der Waals surface area contributed by atoms with E-state index in [0.29, 0.717) is 6.04 Å². The molecule has 2 rings (SSSR count). The highest BCUT2D eigenvalue weighted by Gasteiger charge is 2.26. The number of carbonyl (C=O) groups is 1. The molecule has 0 saturated carbocycles. The molecule has 1 aliphatic heterocycles. The van der Waals surface area contributed by atoms with Crippen molar-refractivity contribution in [2.75, 3.05) is 13.1 Å². The molecule has 0 aromatic heterocycles. The van der Waals surface area contributed by atoms with Gasteiger partial charge in [-0.1, -0.05) is 34.1 Å². The summed E-state index contributed by atoms with van der Waals surface area (Å²) in [5.74, 6) is -0.0872. The first kappa shape index (κ1) is 13.6. The van der Waals surface area contributed by atoms with Gasteiger partial charge in [-0.15, -0.1) is 0 Å². The van der Waals surface area contributed by atoms with Crippen LogP contribution in [0.25, 0.3) is 0 Å². The van der Waals surface area contributed by atoms with Crippen LogP contribution in [0.4, 0.5) is 0 Å². The molecule has 0 bridgehead atoms. The molecule has 1 amide bonds. The largest absolute Gasteiger partial charge is 0.369 e. The molecule has 1 heterocycles. The van der Waals surface area contributed by atoms with Gasteiger partial charge in [-0.3, -0.25) is 9.69 Å². The molecule has 0 aliphatic carbocycles. The second-order valence-corrected chi connectivity index (χ2v) is 5.76. The predicted molar refractivity (Wildman–Crippen MR) is 76.0 cm³/mol. The number of nitrogens with zero attached hydrogens (tertiary/aromatic N) is 1. The van der Waals surface area contributed by atoms with Gasteiger partial charge in [0.1, 0.15) is 0 Å². The fourth-order valence-corrected chi connectivity index (χ4v) is 3.20. The van der Waals surface area contributed by atoms with Gasteiger partial charge in [0.25, 0.3) is 0 Å². The van der Waals surface area contributed by atoms with Gasteiger partial charge in [0, 0.05) is 16.4 Å². The molecular weight excluding hydrogens is 292 g/mol. The minimum atomic E-state index is -0.150. The zero-order valence-electron chi connectivity index (χ0n) is 10.6. The third kappa shape index (κ3) is 2.93. The molecule has 1 saturated heterocycles. The number of piperidine rings is 1. The van der Waals surface area contributed by atoms with Gasteiger partial charge < -0.3 is 5.73 Å². The van der Waals surface area contributed by atoms with Gasteiger partial charge in [0.2, 0.25) is 5.91 Å². The fourth-order valence-electron chi connectivity index (χ4n) is 2.58. The lowest BCUT2D eigenvalue weighted by molar-refractivity contribution is -0.123. The minimum Gasteiger partial charge on any atom is -0.369 e. The van der Waals surface area contributed by atoms with Crippen LogP contribution < -0.4 is 5.73 Å². The lowest BCUT2D eigenvalue weighted by atomic mass is 9.94. The summed E-state index contributed by atoms with van der Waals surface area (Å²) in [6.45, 7) is 4.09. The summed E-state index contributed by atoms with van der Waals surface area (Å²) in [6.07, 6.45) is 1.76. The van der Waals surface area contributed by atoms with Crippen LogP contribution in [0.2, 0.25) is 0 Å². The molecule has 3 nitrogen and oxygen atoms in total. The van der Waals surface area contributed by atoms with Crippen molar-refractivity contribution in [3.63, 3.8) is 0 Å². The van der Waals surface area contributed by atoms with Crippen LogP contribution in [0.3, 0.4) is 0 Å². The van der Waals surface area contributed by atoms with E-state index < -0.39 is 0 Å². The van der Waals surface area contributed by atoms with Crippen molar-refractivity contribution in [1.29, 1.82) is 0 Å². The molecule has 1 atom stereocenters. The van der Waals surface area contributed by atoms with Gasteiger partial charge in [0.05, 0.1) is 0 Å². The van der Waals surface area contributed by atoms with Gasteiger partial charge in [-0.25, -0.2) is 0 Å². The Kier molecular flexibility index (Phi) is 4.40. The summed E-state index contributed by atoms with van der Waals surface area (Å²) in [7, 11) is 0. The summed E-state index contributed by atoms with van der Waals surface area (Å²) >= 11 is 3.60. The van der Waals surface area contributed by atoms with Crippen molar-refractivity contribution in [1.82, 2.24) is 4.90 Å². The monoisotopic (exact) mass is 310 g/mol. The van der Waals surface area contributed by atoms with E-state index in [-0.39, 0.29) is 11.8 Å². The Morgan fingerprint density at radius 3 is 2.56 bits per heavy atom. The maximum Gasteiger partial charge on any atom is 0.220 e. The molecule has 0 unspecified atom stereocenters. The van der Waals surface area contributed by atoms with E-state index in [1.807, 2.05) is 6.07 Å². The molecule has 18 heavy (non-hydrogen) atoms. The van der Waals surface area contributed by atoms with E-state index in [9.17, 15) is 4.79 Å². The Balaban J connectivity index is 2.02. The highest BCUT2D eigenvalue weighted by molar-refractivity contribution is 9.10. The number of hydrogen-bond donors (Lipinski definition) is 1. The Morgan fingerprint density at radius 1 is 1.39 bits per heavy atom. The molecule has 98 valence electrons. The van der Waals surface area contributed by atoms with E-state index in [0.717, 1.165) is 30.4 Å². The number of hydrogen-bond acceptors (Lipinski definition) is 2. The highest BCUT2D eigenvalue weighted by Crippen LogP contribution is 2.30. The lowest BCUT2D eigenvalue weighted by Gasteiger charge is -2.35. The standard InChI is InChI=1S/C14H19BrN2O/c1-10(12-4-2-3-5-13(12)15)17-8-6-11(7-9-17)14(16)18/h2-5,10-11H,6-9H2,1H3,(H2,16,18)/t10-/m1/s1. The Hall–Kier alpha value is -0.870. The second kappa shape index (κ2) is 5.85. The molecule has 2 N–H and O–H groups in total. The Morgan fingerprint density at radius 2 is 2.00 bits per heavy atom. The number of amides is 1. The average molecular weight is 311 g/mol. The van der Waals surface area contributed by atoms with Crippen LogP contribution in [-0.2, 0) is 4.79 Å². The normalized spacial score (nSPS) is 19.7. The number of nitrogens with two attached hydrogens (primary N) is 1. The SMILES string of the molecule is C[C@H](c1ccccc1Br)N1CCC(C(N)=O)CC1. The molecule has 1 fully saturated rings. The predicted octanol–water partition coefficient (Wildman–Crippen LogP) is 2.71. The summed E-state index contributed by atoms with van der Waals surface area (Å²) in [5, 5.41) is 0. The van der Waals surface area contributed by atoms with Crippen LogP contribution in [0.15, 0.2) is 28.7 Å². The maximum absolute atomic E-state index is 11.2. The summed E-state index contributed by atoms with van der Waals surface area (Å²) in [4.78, 5) is 13.6. The highest BCUT2D eigenvalue weighted by atomic mass is 79.9. The Labute approximate surface area is 116 Å². The number of likely N-dealkylation sites (tertiary alicyclic amines) is 1. The molecule has 0 radical (unpaired) electrons. The van der Waals surface area contributed by atoms with Crippen LogP contribution in [0.1, 0.15) is 31.4 Å². The van der Waals surface area contributed by atoms with Gasteiger partial charge in [-0.05, 0) is 44.5 Å². The van der Waals surface area contributed by atoms with E-state index in [4.69, 9.17) is 5.73 Å². The first-order chi connectivity index (χ1) is 8.59. The molecule has 1 aromatic carbocycles. The second-order valence-electron chi connectivity index (χ2n) is 4.91. The van der Waals surface area contributed by atoms with Crippen molar-refractivity contribution in [2.24, 2.45) is 11.7 Å². The van der Waals surface area contributed by atoms with E-state index >= 15 is 0 Å². The van der Waals surface area contributed by atoms with Crippen molar-refractivity contribution in [3.05, 3.63) is 34.3 Å². The smallest absolute Gasteiger partial charge is 0.220 e. The lowest BCUT2D eigenvalue weighted by Crippen LogP contribution is -2.39. The fraction of sp³-hybridized carbons (Fsp3) is 0.500. The van der Waals surface area contributed by atoms with Crippen LogP contribution in [0.5, 0.6) is 0 Å². The van der Waals surface area contributed by atoms with E-state index in [1.165, 1.54) is 5.56 Å². The van der Waals surface area contributed by atoms with Gasteiger partial charge in [0.15, 0.2) is 0 Å². The zero-order chi connectivity index (χ0) is 13.1. The summed E-state index contributed by atoms with van der Waals surface area (Å²) in [5.41, 5.74) is 6.66.